The lowest BCUT2D eigenvalue weighted by molar-refractivity contribution is -0.117. The first kappa shape index (κ1) is 24.4. The van der Waals surface area contributed by atoms with E-state index in [2.05, 4.69) is 15.5 Å². The Kier molecular flexibility index (Phi) is 8.16. The Hall–Kier alpha value is -3.26. The Balaban J connectivity index is 1.50. The normalized spacial score (nSPS) is 15.0. The second kappa shape index (κ2) is 11.0. The Morgan fingerprint density at radius 1 is 1.03 bits per heavy atom. The number of nitrogens with one attached hydrogen (secondary N) is 2. The van der Waals surface area contributed by atoms with Gasteiger partial charge in [-0.15, -0.1) is 0 Å². The number of urea groups is 1. The third-order valence-electron chi connectivity index (χ3n) is 6.15. The number of carbonyl (C=O) groups is 2. The van der Waals surface area contributed by atoms with Crippen LogP contribution in [0, 0.1) is 13.8 Å². The molecule has 3 rings (SSSR count). The van der Waals surface area contributed by atoms with Crippen LogP contribution in [0.5, 0.6) is 11.5 Å². The van der Waals surface area contributed by atoms with Crippen molar-refractivity contribution in [2.75, 3.05) is 52.3 Å². The molecule has 1 fully saturated rings. The summed E-state index contributed by atoms with van der Waals surface area (Å²) < 4.78 is 10.7. The van der Waals surface area contributed by atoms with Gasteiger partial charge in [-0.1, -0.05) is 12.1 Å². The fourth-order valence-corrected chi connectivity index (χ4v) is 3.92. The first-order chi connectivity index (χ1) is 15.8. The van der Waals surface area contributed by atoms with Crippen LogP contribution in [0.25, 0.3) is 0 Å². The molecule has 1 unspecified atom stereocenters. The van der Waals surface area contributed by atoms with Crippen LogP contribution in [0.3, 0.4) is 0 Å². The van der Waals surface area contributed by atoms with Crippen molar-refractivity contribution in [3.63, 3.8) is 0 Å². The minimum atomic E-state index is -0.246. The molecule has 2 N–H and O–H groups in total. The molecule has 1 heterocycles. The lowest BCUT2D eigenvalue weighted by Crippen LogP contribution is -2.53. The van der Waals surface area contributed by atoms with Gasteiger partial charge in [-0.25, -0.2) is 4.79 Å². The minimum absolute atomic E-state index is 0.0413. The number of ether oxygens (including phenoxy) is 2. The zero-order valence-electron chi connectivity index (χ0n) is 20.1. The number of hydrogen-bond acceptors (Lipinski definition) is 5. The SMILES string of the molecule is COc1ccc(OC)c(C(C)NC(=O)N2CCN(CC(=O)Nc3cccc(C)c3C)CC2)c1. The van der Waals surface area contributed by atoms with E-state index in [1.54, 1.807) is 19.1 Å². The highest BCUT2D eigenvalue weighted by atomic mass is 16.5. The van der Waals surface area contributed by atoms with Crippen LogP contribution in [0.1, 0.15) is 29.7 Å². The van der Waals surface area contributed by atoms with Crippen LogP contribution < -0.4 is 20.1 Å². The molecular weight excluding hydrogens is 420 g/mol. The molecular formula is C25H34N4O4. The second-order valence-corrected chi connectivity index (χ2v) is 8.34. The first-order valence-electron chi connectivity index (χ1n) is 11.2. The van der Waals surface area contributed by atoms with Gasteiger partial charge in [0.1, 0.15) is 11.5 Å². The summed E-state index contributed by atoms with van der Waals surface area (Å²) in [6.07, 6.45) is 0. The highest BCUT2D eigenvalue weighted by molar-refractivity contribution is 5.93. The third kappa shape index (κ3) is 6.16. The van der Waals surface area contributed by atoms with E-state index in [0.717, 1.165) is 22.4 Å². The van der Waals surface area contributed by atoms with Crippen LogP contribution >= 0.6 is 0 Å². The Morgan fingerprint density at radius 2 is 1.76 bits per heavy atom. The predicted molar refractivity (Wildman–Crippen MR) is 129 cm³/mol. The van der Waals surface area contributed by atoms with Crippen LogP contribution in [-0.4, -0.2) is 68.7 Å². The van der Waals surface area contributed by atoms with Crippen molar-refractivity contribution >= 4 is 17.6 Å². The number of nitrogens with zero attached hydrogens (tertiary/aromatic N) is 2. The number of anilines is 1. The van der Waals surface area contributed by atoms with Gasteiger partial charge in [-0.05, 0) is 56.2 Å². The molecule has 3 amide bonds. The Morgan fingerprint density at radius 3 is 2.42 bits per heavy atom. The van der Waals surface area contributed by atoms with Crippen molar-refractivity contribution in [1.82, 2.24) is 15.1 Å². The quantitative estimate of drug-likeness (QED) is 0.671. The highest BCUT2D eigenvalue weighted by Crippen LogP contribution is 2.29. The summed E-state index contributed by atoms with van der Waals surface area (Å²) in [7, 11) is 3.21. The molecule has 2 aromatic carbocycles. The zero-order valence-corrected chi connectivity index (χ0v) is 20.1. The standard InChI is InChI=1S/C25H34N4O4/c1-17-7-6-8-22(18(17)2)27-24(30)16-28-11-13-29(14-12-28)25(31)26-19(3)21-15-20(32-4)9-10-23(21)33-5/h6-10,15,19H,11-14,16H2,1-5H3,(H,26,31)(H,27,30). The van der Waals surface area contributed by atoms with E-state index in [-0.39, 0.29) is 18.0 Å². The summed E-state index contributed by atoms with van der Waals surface area (Å²) in [5.41, 5.74) is 3.93. The van der Waals surface area contributed by atoms with Crippen molar-refractivity contribution in [2.24, 2.45) is 0 Å². The van der Waals surface area contributed by atoms with Gasteiger partial charge < -0.3 is 25.0 Å². The van der Waals surface area contributed by atoms with Gasteiger partial charge in [0.15, 0.2) is 0 Å². The molecule has 0 bridgehead atoms. The summed E-state index contributed by atoms with van der Waals surface area (Å²) in [5.74, 6) is 1.36. The number of benzene rings is 2. The summed E-state index contributed by atoms with van der Waals surface area (Å²) >= 11 is 0. The maximum absolute atomic E-state index is 12.8. The van der Waals surface area contributed by atoms with Crippen molar-refractivity contribution in [2.45, 2.75) is 26.8 Å². The average Bonchev–Trinajstić information content (AvgIpc) is 2.81. The Bertz CT molecular complexity index is 986. The smallest absolute Gasteiger partial charge is 0.317 e. The van der Waals surface area contributed by atoms with Gasteiger partial charge in [0.05, 0.1) is 26.8 Å². The zero-order chi connectivity index (χ0) is 24.0. The summed E-state index contributed by atoms with van der Waals surface area (Å²) in [6, 6.07) is 11.0. The number of amides is 3. The number of piperazine rings is 1. The lowest BCUT2D eigenvalue weighted by Gasteiger charge is -2.35. The average molecular weight is 455 g/mol. The van der Waals surface area contributed by atoms with E-state index in [1.807, 2.05) is 57.2 Å². The van der Waals surface area contributed by atoms with E-state index in [9.17, 15) is 9.59 Å². The molecule has 1 atom stereocenters. The van der Waals surface area contributed by atoms with Gasteiger partial charge in [0, 0.05) is 37.4 Å². The molecule has 8 heteroatoms. The Labute approximate surface area is 195 Å². The molecule has 2 aromatic rings. The molecule has 0 radical (unpaired) electrons. The summed E-state index contributed by atoms with van der Waals surface area (Å²) in [5, 5.41) is 6.05. The fraction of sp³-hybridized carbons (Fsp3) is 0.440. The number of carbonyl (C=O) groups excluding carboxylic acids is 2. The van der Waals surface area contributed by atoms with E-state index in [1.165, 1.54) is 0 Å². The first-order valence-corrected chi connectivity index (χ1v) is 11.2. The van der Waals surface area contributed by atoms with E-state index in [0.29, 0.717) is 44.2 Å². The van der Waals surface area contributed by atoms with E-state index < -0.39 is 0 Å². The predicted octanol–water partition coefficient (Wildman–Crippen LogP) is 3.35. The third-order valence-corrected chi connectivity index (χ3v) is 6.15. The van der Waals surface area contributed by atoms with Gasteiger partial charge in [0.25, 0.3) is 0 Å². The molecule has 1 aliphatic heterocycles. The lowest BCUT2D eigenvalue weighted by atomic mass is 10.1. The van der Waals surface area contributed by atoms with Crippen LogP contribution in [0.4, 0.5) is 10.5 Å². The molecule has 0 spiro atoms. The monoisotopic (exact) mass is 454 g/mol. The number of rotatable bonds is 7. The molecule has 1 aliphatic rings. The number of hydrogen-bond donors (Lipinski definition) is 2. The summed E-state index contributed by atoms with van der Waals surface area (Å²) in [6.45, 7) is 8.67. The molecule has 0 aromatic heterocycles. The van der Waals surface area contributed by atoms with E-state index >= 15 is 0 Å². The second-order valence-electron chi connectivity index (χ2n) is 8.34. The topological polar surface area (TPSA) is 83.1 Å². The minimum Gasteiger partial charge on any atom is -0.497 e. The van der Waals surface area contributed by atoms with Crippen LogP contribution in [0.15, 0.2) is 36.4 Å². The van der Waals surface area contributed by atoms with Gasteiger partial charge in [0.2, 0.25) is 5.91 Å². The van der Waals surface area contributed by atoms with Crippen LogP contribution in [0.2, 0.25) is 0 Å². The van der Waals surface area contributed by atoms with Crippen molar-refractivity contribution in [3.8, 4) is 11.5 Å². The maximum Gasteiger partial charge on any atom is 0.317 e. The van der Waals surface area contributed by atoms with E-state index in [4.69, 9.17) is 9.47 Å². The number of aryl methyl sites for hydroxylation is 1. The van der Waals surface area contributed by atoms with Gasteiger partial charge in [-0.3, -0.25) is 9.69 Å². The molecule has 0 aliphatic carbocycles. The molecule has 8 nitrogen and oxygen atoms in total. The number of methoxy groups -OCH3 is 2. The summed E-state index contributed by atoms with van der Waals surface area (Å²) in [4.78, 5) is 29.2. The molecule has 0 saturated carbocycles. The highest BCUT2D eigenvalue weighted by Gasteiger charge is 2.24. The fourth-order valence-electron chi connectivity index (χ4n) is 3.92. The van der Waals surface area contributed by atoms with Crippen molar-refractivity contribution in [3.05, 3.63) is 53.1 Å². The van der Waals surface area contributed by atoms with Gasteiger partial charge in [-0.2, -0.15) is 0 Å². The van der Waals surface area contributed by atoms with Crippen LogP contribution in [-0.2, 0) is 4.79 Å². The van der Waals surface area contributed by atoms with Gasteiger partial charge >= 0.3 is 6.03 Å². The molecule has 178 valence electrons. The molecule has 1 saturated heterocycles. The maximum atomic E-state index is 12.8. The van der Waals surface area contributed by atoms with Crippen molar-refractivity contribution < 1.29 is 19.1 Å². The largest absolute Gasteiger partial charge is 0.497 e. The van der Waals surface area contributed by atoms with Crippen molar-refractivity contribution in [1.29, 1.82) is 0 Å². The molecule has 33 heavy (non-hydrogen) atoms.